The van der Waals surface area contributed by atoms with E-state index in [4.69, 9.17) is 28.4 Å². The van der Waals surface area contributed by atoms with Crippen LogP contribution in [0.2, 0.25) is 0 Å². The number of fused-ring (bicyclic) bond motifs is 7. The topological polar surface area (TPSA) is 332 Å². The van der Waals surface area contributed by atoms with Crippen LogP contribution in [0.3, 0.4) is 0 Å². The third-order valence-electron chi connectivity index (χ3n) is 19.3. The van der Waals surface area contributed by atoms with Crippen molar-refractivity contribution in [2.75, 3.05) is 13.2 Å². The lowest BCUT2D eigenvalue weighted by molar-refractivity contribution is -0.365. The smallest absolute Gasteiger partial charge is 0.335 e. The van der Waals surface area contributed by atoms with Gasteiger partial charge in [-0.05, 0) is 103 Å². The second-order valence-electron chi connectivity index (χ2n) is 23.6. The molecule has 3 unspecified atom stereocenters. The predicted molar refractivity (Wildman–Crippen MR) is 232 cm³/mol. The molecule has 8 aliphatic rings. The van der Waals surface area contributed by atoms with Gasteiger partial charge in [-0.2, -0.15) is 0 Å². The van der Waals surface area contributed by atoms with Crippen LogP contribution in [0.1, 0.15) is 106 Å². The van der Waals surface area contributed by atoms with Crippen molar-refractivity contribution in [1.29, 1.82) is 0 Å². The van der Waals surface area contributed by atoms with Crippen LogP contribution in [-0.2, 0) is 38.0 Å². The van der Waals surface area contributed by atoms with Gasteiger partial charge < -0.3 is 89.7 Å². The van der Waals surface area contributed by atoms with E-state index in [0.29, 0.717) is 38.5 Å². The van der Waals surface area contributed by atoms with E-state index in [9.17, 15) is 70.9 Å². The molecule has 5 aliphatic carbocycles. The molecule has 12 N–H and O–H groups in total. The van der Waals surface area contributed by atoms with Crippen molar-refractivity contribution in [3.8, 4) is 0 Å². The number of carboxylic acid groups (broad SMARTS) is 1. The fraction of sp³-hybridized carbons (Fsp3) is 0.917. The van der Waals surface area contributed by atoms with Crippen molar-refractivity contribution in [2.45, 2.75) is 211 Å². The molecule has 3 saturated heterocycles. The van der Waals surface area contributed by atoms with E-state index in [-0.39, 0.29) is 34.5 Å². The molecule has 0 aromatic heterocycles. The molecule has 4 saturated carbocycles. The maximum Gasteiger partial charge on any atom is 0.335 e. The number of allylic oxidation sites excluding steroid dienone is 2. The van der Waals surface area contributed by atoms with Crippen molar-refractivity contribution < 1.29 is 99.3 Å². The molecule has 8 rings (SSSR count). The minimum absolute atomic E-state index is 0.0304. The summed E-state index contributed by atoms with van der Waals surface area (Å²) in [5.74, 6) is -2.65. The fourth-order valence-electron chi connectivity index (χ4n) is 15.1. The monoisotopic (exact) mass is 972 g/mol. The second-order valence-corrected chi connectivity index (χ2v) is 23.6. The lowest BCUT2D eigenvalue weighted by atomic mass is 9.33. The van der Waals surface area contributed by atoms with Gasteiger partial charge in [0.2, 0.25) is 6.29 Å². The summed E-state index contributed by atoms with van der Waals surface area (Å²) in [6.07, 6.45) is -20.3. The Morgan fingerprint density at radius 1 is 0.647 bits per heavy atom. The van der Waals surface area contributed by atoms with E-state index in [2.05, 4.69) is 54.5 Å². The molecule has 68 heavy (non-hydrogen) atoms. The SMILES string of the molecule is CC1(C)CC[C@@]2(C(=O)O[C@@H]3O[C@H](CO)[C@@H](O)[C@H](O)[C@H]3O)C(C1)C1=CCC3[C@@]4(C)CC[C@H](O[C@@H]5O[C@H](C(=O)O)[C@@H](O)[C@H](O[C@@H]6O[C@H](CO)[C@H](O)[C@H](O)[C@H]6O)[C@H]5O)C(C)(C)C4CC[C@@]3(C)[C@]1(C)C[C@@H]2O. The first-order valence-corrected chi connectivity index (χ1v) is 24.4. The molecule has 20 heteroatoms. The normalized spacial score (nSPS) is 53.1. The highest BCUT2D eigenvalue weighted by atomic mass is 16.7. The van der Waals surface area contributed by atoms with Gasteiger partial charge in [0, 0.05) is 0 Å². The lowest BCUT2D eigenvalue weighted by Gasteiger charge is -2.71. The molecule has 0 aromatic carbocycles. The fourth-order valence-corrected chi connectivity index (χ4v) is 15.1. The third kappa shape index (κ3) is 7.94. The van der Waals surface area contributed by atoms with Crippen LogP contribution >= 0.6 is 0 Å². The zero-order valence-corrected chi connectivity index (χ0v) is 40.0. The van der Waals surface area contributed by atoms with E-state index in [1.54, 1.807) is 0 Å². The number of hydrogen-bond donors (Lipinski definition) is 12. The molecule has 388 valence electrons. The average molecular weight is 973 g/mol. The number of aliphatic hydroxyl groups excluding tert-OH is 11. The Balaban J connectivity index is 1.04. The average Bonchev–Trinajstić information content (AvgIpc) is 3.26. The predicted octanol–water partition coefficient (Wildman–Crippen LogP) is -0.796. The largest absolute Gasteiger partial charge is 0.479 e. The number of rotatable bonds is 9. The Morgan fingerprint density at radius 2 is 1.24 bits per heavy atom. The van der Waals surface area contributed by atoms with E-state index >= 15 is 0 Å². The van der Waals surface area contributed by atoms with Crippen LogP contribution in [0.4, 0.5) is 0 Å². The molecule has 0 bridgehead atoms. The molecule has 3 aliphatic heterocycles. The number of carbonyl (C=O) groups excluding carboxylic acids is 1. The van der Waals surface area contributed by atoms with Crippen LogP contribution < -0.4 is 0 Å². The summed E-state index contributed by atoms with van der Waals surface area (Å²) in [5, 5.41) is 128. The summed E-state index contributed by atoms with van der Waals surface area (Å²) in [6, 6.07) is 0. The maximum atomic E-state index is 14.7. The van der Waals surface area contributed by atoms with Gasteiger partial charge in [0.15, 0.2) is 18.7 Å². The highest BCUT2D eigenvalue weighted by Crippen LogP contribution is 2.76. The number of carboxylic acids is 1. The molecule has 0 aromatic rings. The minimum Gasteiger partial charge on any atom is -0.479 e. The van der Waals surface area contributed by atoms with Crippen molar-refractivity contribution >= 4 is 11.9 Å². The third-order valence-corrected chi connectivity index (χ3v) is 19.3. The van der Waals surface area contributed by atoms with Crippen molar-refractivity contribution in [3.63, 3.8) is 0 Å². The zero-order valence-electron chi connectivity index (χ0n) is 40.0. The minimum atomic E-state index is -1.99. The van der Waals surface area contributed by atoms with Gasteiger partial charge >= 0.3 is 11.9 Å². The molecule has 0 radical (unpaired) electrons. The number of aliphatic carboxylic acids is 1. The van der Waals surface area contributed by atoms with Crippen molar-refractivity contribution in [2.24, 2.45) is 50.2 Å². The summed E-state index contributed by atoms with van der Waals surface area (Å²) in [6.45, 7) is 13.8. The molecule has 7 fully saturated rings. The van der Waals surface area contributed by atoms with Gasteiger partial charge in [0.1, 0.15) is 72.6 Å². The first-order chi connectivity index (χ1) is 31.6. The summed E-state index contributed by atoms with van der Waals surface area (Å²) < 4.78 is 35.0. The van der Waals surface area contributed by atoms with Crippen molar-refractivity contribution in [1.82, 2.24) is 0 Å². The van der Waals surface area contributed by atoms with E-state index in [1.165, 1.54) is 0 Å². The highest BCUT2D eigenvalue weighted by Gasteiger charge is 2.72. The van der Waals surface area contributed by atoms with Crippen LogP contribution in [-0.4, -0.2) is 191 Å². The van der Waals surface area contributed by atoms with E-state index in [1.807, 2.05) is 0 Å². The number of hydrogen-bond acceptors (Lipinski definition) is 19. The Hall–Kier alpha value is -1.96. The molecule has 24 atom stereocenters. The first-order valence-electron chi connectivity index (χ1n) is 24.4. The van der Waals surface area contributed by atoms with E-state index < -0.39 is 152 Å². The second kappa shape index (κ2) is 18.2. The Kier molecular flexibility index (Phi) is 14.0. The van der Waals surface area contributed by atoms with Crippen molar-refractivity contribution in [3.05, 3.63) is 11.6 Å². The van der Waals surface area contributed by atoms with Gasteiger partial charge in [0.25, 0.3) is 0 Å². The molecule has 3 heterocycles. The maximum absolute atomic E-state index is 14.7. The van der Waals surface area contributed by atoms with Gasteiger partial charge in [-0.1, -0.05) is 60.1 Å². The van der Waals surface area contributed by atoms with Crippen LogP contribution in [0, 0.1) is 50.2 Å². The Bertz CT molecular complexity index is 1910. The van der Waals surface area contributed by atoms with Gasteiger partial charge in [0.05, 0.1) is 25.4 Å². The molecule has 0 spiro atoms. The molecule has 20 nitrogen and oxygen atoms in total. The molecular formula is C48H76O20. The Labute approximate surface area is 396 Å². The van der Waals surface area contributed by atoms with E-state index in [0.717, 1.165) is 18.4 Å². The summed E-state index contributed by atoms with van der Waals surface area (Å²) >= 11 is 0. The first kappa shape index (κ1) is 52.4. The standard InChI is InChI=1S/C48H76O20/c1-43(2)14-15-48(42(62)68-40-33(57)31(55)29(53)23(19-50)64-40)21(16-43)20-8-9-25-45(5)12-11-27(44(3,4)24(45)10-13-46(25,6)47(20,7)17-26(48)51)65-41-35(59)36(34(58)37(67-41)38(60)61)66-39-32(56)30(54)28(52)22(18-49)63-39/h8,21-37,39-41,49-59H,9-19H2,1-7H3,(H,60,61)/t21?,22-,23-,24?,25?,26+,27+,28+,29-,30+,31+,32-,33-,34+,35-,36+,37+,39+,40+,41-,45+,46-,47-,48-/m1/s1. The van der Waals surface area contributed by atoms with Gasteiger partial charge in [-0.3, -0.25) is 4.79 Å². The highest BCUT2D eigenvalue weighted by molar-refractivity contribution is 5.80. The summed E-state index contributed by atoms with van der Waals surface area (Å²) in [7, 11) is 0. The van der Waals surface area contributed by atoms with Gasteiger partial charge in [-0.15, -0.1) is 0 Å². The van der Waals surface area contributed by atoms with Crippen LogP contribution in [0.25, 0.3) is 0 Å². The number of esters is 1. The lowest BCUT2D eigenvalue weighted by Crippen LogP contribution is -2.68. The number of carbonyl (C=O) groups is 2. The Morgan fingerprint density at radius 3 is 1.84 bits per heavy atom. The van der Waals surface area contributed by atoms with Crippen LogP contribution in [0.5, 0.6) is 0 Å². The number of ether oxygens (including phenoxy) is 6. The molecular weight excluding hydrogens is 897 g/mol. The van der Waals surface area contributed by atoms with Gasteiger partial charge in [-0.25, -0.2) is 4.79 Å². The quantitative estimate of drug-likeness (QED) is 0.0765. The summed E-state index contributed by atoms with van der Waals surface area (Å²) in [4.78, 5) is 27.1. The molecule has 0 amide bonds. The van der Waals surface area contributed by atoms with Crippen LogP contribution in [0.15, 0.2) is 11.6 Å². The number of aliphatic hydroxyl groups is 11. The summed E-state index contributed by atoms with van der Waals surface area (Å²) in [5.41, 5.74) is -2.36. The zero-order chi connectivity index (χ0) is 50.0.